The minimum absolute atomic E-state index is 0. The highest BCUT2D eigenvalue weighted by Gasteiger charge is 2.31. The highest BCUT2D eigenvalue weighted by molar-refractivity contribution is 5.85. The molecule has 0 saturated carbocycles. The molecule has 0 aliphatic carbocycles. The van der Waals surface area contributed by atoms with E-state index in [-0.39, 0.29) is 23.7 Å². The number of rotatable bonds is 6. The molecule has 8 heteroatoms. The Morgan fingerprint density at radius 2 is 1.82 bits per heavy atom. The molecule has 0 bridgehead atoms. The molecule has 0 spiro atoms. The summed E-state index contributed by atoms with van der Waals surface area (Å²) in [4.78, 5) is 0. The highest BCUT2D eigenvalue weighted by Crippen LogP contribution is 2.32. The number of halogens is 4. The van der Waals surface area contributed by atoms with Crippen molar-refractivity contribution in [2.24, 2.45) is 11.7 Å². The van der Waals surface area contributed by atoms with Crippen molar-refractivity contribution in [2.75, 3.05) is 0 Å². The van der Waals surface area contributed by atoms with Crippen molar-refractivity contribution in [3.63, 3.8) is 0 Å². The van der Waals surface area contributed by atoms with Crippen LogP contribution in [0.4, 0.5) is 13.2 Å². The minimum atomic E-state index is -4.82. The van der Waals surface area contributed by atoms with Crippen LogP contribution in [0.1, 0.15) is 38.3 Å². The number of benzene rings is 1. The van der Waals surface area contributed by atoms with Crippen LogP contribution in [0.25, 0.3) is 0 Å². The van der Waals surface area contributed by atoms with E-state index in [9.17, 15) is 23.4 Å². The fourth-order valence-electron chi connectivity index (χ4n) is 1.89. The fraction of sp³-hybridized carbons (Fsp3) is 0.571. The molecule has 1 aromatic rings. The van der Waals surface area contributed by atoms with Crippen LogP contribution >= 0.6 is 12.4 Å². The summed E-state index contributed by atoms with van der Waals surface area (Å²) in [5, 5.41) is 19.7. The molecule has 2 atom stereocenters. The molecule has 1 rings (SSSR count). The van der Waals surface area contributed by atoms with Gasteiger partial charge in [0.25, 0.3) is 0 Å². The van der Waals surface area contributed by atoms with Gasteiger partial charge in [0, 0.05) is 5.56 Å². The second kappa shape index (κ2) is 8.45. The fourth-order valence-corrected chi connectivity index (χ4v) is 1.89. The summed E-state index contributed by atoms with van der Waals surface area (Å²) in [6, 6.07) is 2.05. The number of aliphatic hydroxyl groups excluding tert-OH is 1. The number of hydrogen-bond donors (Lipinski definition) is 3. The van der Waals surface area contributed by atoms with E-state index < -0.39 is 24.3 Å². The molecule has 22 heavy (non-hydrogen) atoms. The van der Waals surface area contributed by atoms with E-state index in [1.165, 1.54) is 0 Å². The molecule has 0 heterocycles. The number of nitrogens with two attached hydrogens (primary N) is 1. The van der Waals surface area contributed by atoms with Gasteiger partial charge >= 0.3 is 6.36 Å². The predicted octanol–water partition coefficient (Wildman–Crippen LogP) is 3.51. The van der Waals surface area contributed by atoms with Crippen molar-refractivity contribution in [1.29, 1.82) is 0 Å². The molecule has 0 unspecified atom stereocenters. The molecule has 0 aliphatic heterocycles. The molecule has 4 nitrogen and oxygen atoms in total. The standard InChI is InChI=1S/C14H20F3NO3.ClH/c1-8(2)3-5-12(20)13(18)10-7-9(4-6-11(10)19)21-14(15,16)17;/h4,6-8,12-13,19-20H,3,5,18H2,1-2H3;1H/t12-,13+;/m0./s1. The molecule has 4 N–H and O–H groups in total. The van der Waals surface area contributed by atoms with Gasteiger partial charge in [-0.1, -0.05) is 13.8 Å². The van der Waals surface area contributed by atoms with Gasteiger partial charge in [-0.15, -0.1) is 25.6 Å². The number of phenols is 1. The van der Waals surface area contributed by atoms with Gasteiger partial charge in [0.1, 0.15) is 11.5 Å². The molecule has 0 radical (unpaired) electrons. The van der Waals surface area contributed by atoms with Crippen LogP contribution in [0.15, 0.2) is 18.2 Å². The highest BCUT2D eigenvalue weighted by atomic mass is 35.5. The molecular formula is C14H21ClF3NO3. The lowest BCUT2D eigenvalue weighted by Crippen LogP contribution is -2.27. The number of ether oxygens (including phenoxy) is 1. The Kier molecular flexibility index (Phi) is 8.00. The van der Waals surface area contributed by atoms with E-state index in [4.69, 9.17) is 5.73 Å². The van der Waals surface area contributed by atoms with Gasteiger partial charge < -0.3 is 20.7 Å². The largest absolute Gasteiger partial charge is 0.573 e. The van der Waals surface area contributed by atoms with Crippen molar-refractivity contribution < 1.29 is 28.1 Å². The maximum absolute atomic E-state index is 12.2. The number of phenolic OH excluding ortho intramolecular Hbond substituents is 1. The van der Waals surface area contributed by atoms with E-state index in [0.29, 0.717) is 18.8 Å². The molecular weight excluding hydrogens is 323 g/mol. The summed E-state index contributed by atoms with van der Waals surface area (Å²) in [5.41, 5.74) is 5.83. The zero-order chi connectivity index (χ0) is 16.2. The van der Waals surface area contributed by atoms with Gasteiger partial charge in [-0.2, -0.15) is 0 Å². The first-order valence-corrected chi connectivity index (χ1v) is 6.62. The second-order valence-electron chi connectivity index (χ2n) is 5.33. The smallest absolute Gasteiger partial charge is 0.508 e. The van der Waals surface area contributed by atoms with Crippen LogP contribution in [-0.4, -0.2) is 22.7 Å². The van der Waals surface area contributed by atoms with Crippen LogP contribution in [0.3, 0.4) is 0 Å². The van der Waals surface area contributed by atoms with E-state index in [1.807, 2.05) is 13.8 Å². The first-order chi connectivity index (χ1) is 9.60. The Balaban J connectivity index is 0.00000441. The zero-order valence-electron chi connectivity index (χ0n) is 12.3. The zero-order valence-corrected chi connectivity index (χ0v) is 13.1. The van der Waals surface area contributed by atoms with Crippen molar-refractivity contribution in [3.8, 4) is 11.5 Å². The Labute approximate surface area is 133 Å². The van der Waals surface area contributed by atoms with E-state index in [1.54, 1.807) is 0 Å². The Morgan fingerprint density at radius 1 is 1.23 bits per heavy atom. The lowest BCUT2D eigenvalue weighted by Gasteiger charge is -2.21. The first kappa shape index (κ1) is 20.8. The molecule has 0 aliphatic rings. The molecule has 0 aromatic heterocycles. The molecule has 0 fully saturated rings. The van der Waals surface area contributed by atoms with Gasteiger partial charge in [-0.25, -0.2) is 0 Å². The third kappa shape index (κ3) is 6.72. The van der Waals surface area contributed by atoms with Gasteiger partial charge in [-0.05, 0) is 37.0 Å². The quantitative estimate of drug-likeness (QED) is 0.738. The van der Waals surface area contributed by atoms with Crippen molar-refractivity contribution >= 4 is 12.4 Å². The number of aromatic hydroxyl groups is 1. The van der Waals surface area contributed by atoms with Crippen LogP contribution in [0.2, 0.25) is 0 Å². The first-order valence-electron chi connectivity index (χ1n) is 6.62. The third-order valence-corrected chi connectivity index (χ3v) is 3.05. The lowest BCUT2D eigenvalue weighted by atomic mass is 9.95. The van der Waals surface area contributed by atoms with E-state index in [2.05, 4.69) is 4.74 Å². The summed E-state index contributed by atoms with van der Waals surface area (Å²) >= 11 is 0. The minimum Gasteiger partial charge on any atom is -0.508 e. The Bertz CT molecular complexity index is 469. The summed E-state index contributed by atoms with van der Waals surface area (Å²) in [6.07, 6.45) is -4.68. The van der Waals surface area contributed by atoms with E-state index in [0.717, 1.165) is 18.2 Å². The maximum atomic E-state index is 12.2. The molecule has 128 valence electrons. The summed E-state index contributed by atoms with van der Waals surface area (Å²) < 4.78 is 40.3. The number of hydrogen-bond acceptors (Lipinski definition) is 4. The van der Waals surface area contributed by atoms with Gasteiger partial charge in [-0.3, -0.25) is 0 Å². The SMILES string of the molecule is CC(C)CC[C@H](O)[C@H](N)c1cc(OC(F)(F)F)ccc1O.Cl. The third-order valence-electron chi connectivity index (χ3n) is 3.05. The summed E-state index contributed by atoms with van der Waals surface area (Å²) in [6.45, 7) is 3.96. The topological polar surface area (TPSA) is 75.7 Å². The number of alkyl halides is 3. The van der Waals surface area contributed by atoms with Crippen LogP contribution < -0.4 is 10.5 Å². The normalized spacial score (nSPS) is 14.4. The molecule has 1 aromatic carbocycles. The molecule has 0 saturated heterocycles. The number of aliphatic hydroxyl groups is 1. The maximum Gasteiger partial charge on any atom is 0.573 e. The summed E-state index contributed by atoms with van der Waals surface area (Å²) in [7, 11) is 0. The average Bonchev–Trinajstić information content (AvgIpc) is 2.35. The Hall–Kier alpha value is -1.18. The van der Waals surface area contributed by atoms with E-state index >= 15 is 0 Å². The second-order valence-corrected chi connectivity index (χ2v) is 5.33. The molecule has 0 amide bonds. The van der Waals surface area contributed by atoms with Crippen LogP contribution in [0.5, 0.6) is 11.5 Å². The van der Waals surface area contributed by atoms with Crippen LogP contribution in [-0.2, 0) is 0 Å². The van der Waals surface area contributed by atoms with Crippen molar-refractivity contribution in [3.05, 3.63) is 23.8 Å². The van der Waals surface area contributed by atoms with Crippen LogP contribution in [0, 0.1) is 5.92 Å². The monoisotopic (exact) mass is 343 g/mol. The lowest BCUT2D eigenvalue weighted by molar-refractivity contribution is -0.274. The summed E-state index contributed by atoms with van der Waals surface area (Å²) in [5.74, 6) is -0.400. The van der Waals surface area contributed by atoms with Gasteiger partial charge in [0.2, 0.25) is 0 Å². The van der Waals surface area contributed by atoms with Gasteiger partial charge in [0.15, 0.2) is 0 Å². The Morgan fingerprint density at radius 3 is 2.32 bits per heavy atom. The average molecular weight is 344 g/mol. The predicted molar refractivity (Wildman–Crippen MR) is 79.0 cm³/mol. The van der Waals surface area contributed by atoms with Crippen molar-refractivity contribution in [1.82, 2.24) is 0 Å². The van der Waals surface area contributed by atoms with Crippen molar-refractivity contribution in [2.45, 2.75) is 45.2 Å². The van der Waals surface area contributed by atoms with Gasteiger partial charge in [0.05, 0.1) is 12.1 Å².